The summed E-state index contributed by atoms with van der Waals surface area (Å²) in [6, 6.07) is 0. The fraction of sp³-hybridized carbons (Fsp3) is 1.00. The number of hydrogen-bond donors (Lipinski definition) is 1. The maximum atomic E-state index is 8.42. The molecule has 2 nitrogen and oxygen atoms in total. The molecule has 42 valence electrons. The molecule has 1 heterocycles. The van der Waals surface area contributed by atoms with Crippen LogP contribution in [0.4, 0.5) is 0 Å². The lowest BCUT2D eigenvalue weighted by atomic mass is 10.7. The first-order valence-corrected chi connectivity index (χ1v) is 3.32. The Morgan fingerprint density at radius 1 is 1.86 bits per heavy atom. The predicted molar refractivity (Wildman–Crippen MR) is 29.3 cm³/mol. The topological polar surface area (TPSA) is 29.5 Å². The summed E-state index contributed by atoms with van der Waals surface area (Å²) < 4.78 is 5.02. The van der Waals surface area contributed by atoms with Crippen molar-refractivity contribution < 1.29 is 9.84 Å². The summed E-state index contributed by atoms with van der Waals surface area (Å²) in [4.78, 5) is 0. The van der Waals surface area contributed by atoms with E-state index in [1.54, 1.807) is 11.8 Å². The van der Waals surface area contributed by atoms with Gasteiger partial charge in [-0.3, -0.25) is 0 Å². The van der Waals surface area contributed by atoms with Gasteiger partial charge in [0.2, 0.25) is 0 Å². The van der Waals surface area contributed by atoms with Crippen molar-refractivity contribution in [2.75, 3.05) is 19.0 Å². The van der Waals surface area contributed by atoms with Crippen molar-refractivity contribution in [3.63, 3.8) is 0 Å². The molecule has 0 saturated carbocycles. The van der Waals surface area contributed by atoms with Gasteiger partial charge in [0.25, 0.3) is 0 Å². The molecule has 1 atom stereocenters. The van der Waals surface area contributed by atoms with Gasteiger partial charge in [0.1, 0.15) is 5.44 Å². The highest BCUT2D eigenvalue weighted by atomic mass is 32.2. The van der Waals surface area contributed by atoms with E-state index in [1.807, 2.05) is 0 Å². The molecule has 0 bridgehead atoms. The number of thioether (sulfide) groups is 1. The Hall–Kier alpha value is 0.270. The van der Waals surface area contributed by atoms with Crippen LogP contribution in [0, 0.1) is 0 Å². The highest BCUT2D eigenvalue weighted by molar-refractivity contribution is 8.00. The normalized spacial score (nSPS) is 31.3. The van der Waals surface area contributed by atoms with Crippen LogP contribution < -0.4 is 0 Å². The van der Waals surface area contributed by atoms with Gasteiger partial charge in [0.05, 0.1) is 13.2 Å². The lowest BCUT2D eigenvalue weighted by Crippen LogP contribution is -2.05. The molecule has 3 heteroatoms. The fourth-order valence-corrected chi connectivity index (χ4v) is 1.27. The summed E-state index contributed by atoms with van der Waals surface area (Å²) in [7, 11) is 0. The van der Waals surface area contributed by atoms with E-state index in [4.69, 9.17) is 9.84 Å². The average molecular weight is 120 g/mol. The molecule has 0 radical (unpaired) electrons. The molecule has 0 amide bonds. The van der Waals surface area contributed by atoms with Crippen molar-refractivity contribution >= 4 is 11.8 Å². The zero-order chi connectivity index (χ0) is 5.11. The van der Waals surface area contributed by atoms with E-state index in [2.05, 4.69) is 0 Å². The molecule has 1 aliphatic heterocycles. The number of hydrogen-bond acceptors (Lipinski definition) is 3. The van der Waals surface area contributed by atoms with Gasteiger partial charge in [-0.25, -0.2) is 0 Å². The van der Waals surface area contributed by atoms with Crippen molar-refractivity contribution in [3.8, 4) is 0 Å². The van der Waals surface area contributed by atoms with E-state index in [1.165, 1.54) is 0 Å². The third kappa shape index (κ3) is 1.33. The number of rotatable bonds is 1. The first-order valence-electron chi connectivity index (χ1n) is 2.27. The maximum Gasteiger partial charge on any atom is 0.126 e. The average Bonchev–Trinajstić information content (AvgIpc) is 2.14. The second-order valence-electron chi connectivity index (χ2n) is 1.35. The second kappa shape index (κ2) is 2.55. The van der Waals surface area contributed by atoms with Crippen molar-refractivity contribution in [1.82, 2.24) is 0 Å². The maximum absolute atomic E-state index is 8.42. The van der Waals surface area contributed by atoms with Gasteiger partial charge in [-0.1, -0.05) is 0 Å². The van der Waals surface area contributed by atoms with Crippen LogP contribution in [0.5, 0.6) is 0 Å². The highest BCUT2D eigenvalue weighted by Crippen LogP contribution is 2.17. The Labute approximate surface area is 46.9 Å². The Kier molecular flexibility index (Phi) is 1.97. The predicted octanol–water partition coefficient (Wildman–Crippen LogP) is 0.0682. The SMILES string of the molecule is OCC1OCCS1. The van der Waals surface area contributed by atoms with E-state index in [-0.39, 0.29) is 12.0 Å². The highest BCUT2D eigenvalue weighted by Gasteiger charge is 2.13. The van der Waals surface area contributed by atoms with Gasteiger partial charge in [-0.05, 0) is 0 Å². The molecule has 0 aromatic rings. The molecular formula is C4H8O2S. The monoisotopic (exact) mass is 120 g/mol. The quantitative estimate of drug-likeness (QED) is 0.531. The Morgan fingerprint density at radius 2 is 2.71 bits per heavy atom. The van der Waals surface area contributed by atoms with E-state index >= 15 is 0 Å². The number of ether oxygens (including phenoxy) is 1. The molecule has 1 unspecified atom stereocenters. The molecule has 0 aromatic heterocycles. The zero-order valence-electron chi connectivity index (χ0n) is 3.96. The van der Waals surface area contributed by atoms with Gasteiger partial charge >= 0.3 is 0 Å². The van der Waals surface area contributed by atoms with Gasteiger partial charge in [0, 0.05) is 5.75 Å². The van der Waals surface area contributed by atoms with Crippen LogP contribution in [0.25, 0.3) is 0 Å². The van der Waals surface area contributed by atoms with Crippen LogP contribution in [0.1, 0.15) is 0 Å². The lowest BCUT2D eigenvalue weighted by Gasteiger charge is -1.99. The first-order chi connectivity index (χ1) is 3.43. The van der Waals surface area contributed by atoms with E-state index in [0.29, 0.717) is 0 Å². The molecule has 1 N–H and O–H groups in total. The van der Waals surface area contributed by atoms with Crippen molar-refractivity contribution in [1.29, 1.82) is 0 Å². The fourth-order valence-electron chi connectivity index (χ4n) is 0.513. The molecular weight excluding hydrogens is 112 g/mol. The standard InChI is InChI=1S/C4H8O2S/c5-3-4-6-1-2-7-4/h4-5H,1-3H2. The van der Waals surface area contributed by atoms with Crippen molar-refractivity contribution in [2.24, 2.45) is 0 Å². The molecule has 0 spiro atoms. The van der Waals surface area contributed by atoms with E-state index in [9.17, 15) is 0 Å². The third-order valence-electron chi connectivity index (χ3n) is 0.840. The van der Waals surface area contributed by atoms with Crippen molar-refractivity contribution in [3.05, 3.63) is 0 Å². The molecule has 1 fully saturated rings. The Morgan fingerprint density at radius 3 is 3.00 bits per heavy atom. The van der Waals surface area contributed by atoms with Crippen LogP contribution in [0.2, 0.25) is 0 Å². The number of aliphatic hydroxyl groups is 1. The zero-order valence-corrected chi connectivity index (χ0v) is 4.78. The Bertz CT molecular complexity index is 51.7. The summed E-state index contributed by atoms with van der Waals surface area (Å²) >= 11 is 1.67. The summed E-state index contributed by atoms with van der Waals surface area (Å²) in [6.45, 7) is 0.959. The van der Waals surface area contributed by atoms with Crippen LogP contribution in [-0.4, -0.2) is 29.5 Å². The Balaban J connectivity index is 2.14. The van der Waals surface area contributed by atoms with Crippen LogP contribution >= 0.6 is 11.8 Å². The third-order valence-corrected chi connectivity index (χ3v) is 1.90. The van der Waals surface area contributed by atoms with Crippen LogP contribution in [0.15, 0.2) is 0 Å². The molecule has 1 saturated heterocycles. The van der Waals surface area contributed by atoms with Gasteiger partial charge < -0.3 is 9.84 Å². The minimum atomic E-state index is 0.0694. The summed E-state index contributed by atoms with van der Waals surface area (Å²) in [5, 5.41) is 8.42. The molecule has 0 aromatic carbocycles. The molecule has 1 rings (SSSR count). The summed E-state index contributed by atoms with van der Waals surface area (Å²) in [5.74, 6) is 1.03. The molecule has 7 heavy (non-hydrogen) atoms. The van der Waals surface area contributed by atoms with Crippen molar-refractivity contribution in [2.45, 2.75) is 5.44 Å². The van der Waals surface area contributed by atoms with Crippen LogP contribution in [0.3, 0.4) is 0 Å². The lowest BCUT2D eigenvalue weighted by molar-refractivity contribution is 0.0918. The molecule has 0 aliphatic carbocycles. The largest absolute Gasteiger partial charge is 0.393 e. The second-order valence-corrected chi connectivity index (χ2v) is 2.62. The minimum Gasteiger partial charge on any atom is -0.393 e. The van der Waals surface area contributed by atoms with Gasteiger partial charge in [-0.2, -0.15) is 0 Å². The summed E-state index contributed by atoms with van der Waals surface area (Å²) in [6.07, 6.45) is 0. The minimum absolute atomic E-state index is 0.0694. The van der Waals surface area contributed by atoms with Crippen LogP contribution in [-0.2, 0) is 4.74 Å². The molecule has 1 aliphatic rings. The van der Waals surface area contributed by atoms with Gasteiger partial charge in [-0.15, -0.1) is 11.8 Å². The summed E-state index contributed by atoms with van der Waals surface area (Å²) in [5.41, 5.74) is 0.0694. The van der Waals surface area contributed by atoms with Gasteiger partial charge in [0.15, 0.2) is 0 Å². The number of aliphatic hydroxyl groups excluding tert-OH is 1. The first kappa shape index (κ1) is 5.41. The van der Waals surface area contributed by atoms with E-state index < -0.39 is 0 Å². The van der Waals surface area contributed by atoms with E-state index in [0.717, 1.165) is 12.4 Å². The smallest absolute Gasteiger partial charge is 0.126 e.